The van der Waals surface area contributed by atoms with E-state index in [0.717, 1.165) is 0 Å². The molecule has 0 rings (SSSR count). The zero-order valence-corrected chi connectivity index (χ0v) is 8.29. The van der Waals surface area contributed by atoms with E-state index in [0.29, 0.717) is 0 Å². The average molecular weight is 272 g/mol. The Hall–Kier alpha value is -0.330. The van der Waals surface area contributed by atoms with Gasteiger partial charge in [-0.1, -0.05) is 0 Å². The van der Waals surface area contributed by atoms with Crippen LogP contribution in [0.3, 0.4) is 0 Å². The van der Waals surface area contributed by atoms with Crippen LogP contribution in [0, 0.1) is 0 Å². The molecule has 0 aromatic heterocycles. The minimum absolute atomic E-state index is 0.260. The molecular formula is C6H9IO4. The van der Waals surface area contributed by atoms with Crippen molar-refractivity contribution in [2.45, 2.75) is 13.3 Å². The number of carbonyl (C=O) groups excluding carboxylic acids is 2. The third-order valence-corrected chi connectivity index (χ3v) is 1.12. The van der Waals surface area contributed by atoms with Crippen LogP contribution in [0.25, 0.3) is 0 Å². The van der Waals surface area contributed by atoms with Gasteiger partial charge in [0.05, 0.1) is 6.61 Å². The summed E-state index contributed by atoms with van der Waals surface area (Å²) < 4.78 is 9.28. The highest BCUT2D eigenvalue weighted by atomic mass is 127. The summed E-state index contributed by atoms with van der Waals surface area (Å²) >= 11 is 1.88. The molecule has 0 atom stereocenters. The quantitative estimate of drug-likeness (QED) is 0.330. The first kappa shape index (κ1) is 10.7. The third-order valence-electron chi connectivity index (χ3n) is 0.810. The fourth-order valence-corrected chi connectivity index (χ4v) is 0.789. The fraction of sp³-hybridized carbons (Fsp3) is 0.667. The highest BCUT2D eigenvalue weighted by molar-refractivity contribution is 14.1. The summed E-state index contributed by atoms with van der Waals surface area (Å²) in [5, 5.41) is 0. The van der Waals surface area contributed by atoms with E-state index in [1.165, 1.54) is 0 Å². The van der Waals surface area contributed by atoms with Crippen LogP contribution in [0.5, 0.6) is 0 Å². The Morgan fingerprint density at radius 3 is 2.27 bits per heavy atom. The Kier molecular flexibility index (Phi) is 6.19. The summed E-state index contributed by atoms with van der Waals surface area (Å²) in [4.78, 5) is 21.2. The predicted octanol–water partition coefficient (Wildman–Crippen LogP) is 0.875. The van der Waals surface area contributed by atoms with Gasteiger partial charge in [-0.05, 0) is 29.5 Å². The molecule has 0 fully saturated rings. The van der Waals surface area contributed by atoms with E-state index in [1.807, 2.05) is 22.6 Å². The zero-order valence-electron chi connectivity index (χ0n) is 6.13. The molecule has 0 heterocycles. The van der Waals surface area contributed by atoms with Crippen molar-refractivity contribution >= 4 is 34.5 Å². The van der Waals surface area contributed by atoms with Gasteiger partial charge in [-0.15, -0.1) is 0 Å². The van der Waals surface area contributed by atoms with E-state index in [2.05, 4.69) is 9.47 Å². The first-order chi connectivity index (χ1) is 5.20. The van der Waals surface area contributed by atoms with Crippen LogP contribution >= 0.6 is 22.6 Å². The van der Waals surface area contributed by atoms with Gasteiger partial charge in [-0.3, -0.25) is 9.59 Å². The summed E-state index contributed by atoms with van der Waals surface area (Å²) in [6.45, 7) is 1.97. The molecule has 0 spiro atoms. The van der Waals surface area contributed by atoms with E-state index in [4.69, 9.17) is 0 Å². The van der Waals surface area contributed by atoms with Crippen LogP contribution in [-0.4, -0.2) is 23.2 Å². The average Bonchev–Trinajstić information content (AvgIpc) is 1.87. The topological polar surface area (TPSA) is 52.6 Å². The highest BCUT2D eigenvalue weighted by Gasteiger charge is 2.09. The minimum atomic E-state index is -0.544. The molecule has 0 aromatic carbocycles. The molecule has 0 N–H and O–H groups in total. The van der Waals surface area contributed by atoms with Crippen molar-refractivity contribution in [3.8, 4) is 0 Å². The lowest BCUT2D eigenvalue weighted by molar-refractivity contribution is -0.152. The second-order valence-corrected chi connectivity index (χ2v) is 2.23. The molecule has 5 heteroatoms. The number of hydrogen-bond acceptors (Lipinski definition) is 4. The maximum atomic E-state index is 10.6. The van der Waals surface area contributed by atoms with Crippen molar-refractivity contribution in [2.75, 3.05) is 11.2 Å². The zero-order chi connectivity index (χ0) is 8.69. The monoisotopic (exact) mass is 272 g/mol. The van der Waals surface area contributed by atoms with Crippen LogP contribution in [0.4, 0.5) is 0 Å². The van der Waals surface area contributed by atoms with Crippen LogP contribution in [0.2, 0.25) is 0 Å². The highest BCUT2D eigenvalue weighted by Crippen LogP contribution is 1.92. The van der Waals surface area contributed by atoms with E-state index < -0.39 is 11.9 Å². The summed E-state index contributed by atoms with van der Waals surface area (Å²) in [6.07, 6.45) is -0.295. The fourth-order valence-electron chi connectivity index (χ4n) is 0.442. The van der Waals surface area contributed by atoms with Gasteiger partial charge in [0.1, 0.15) is 11.0 Å². The van der Waals surface area contributed by atoms with Crippen molar-refractivity contribution in [3.05, 3.63) is 0 Å². The number of alkyl halides is 1. The lowest BCUT2D eigenvalue weighted by atomic mass is 10.4. The predicted molar refractivity (Wildman–Crippen MR) is 46.2 cm³/mol. The molecular weight excluding hydrogens is 263 g/mol. The number of hydrogen-bond donors (Lipinski definition) is 0. The largest absolute Gasteiger partial charge is 0.466 e. The van der Waals surface area contributed by atoms with Gasteiger partial charge < -0.3 is 9.47 Å². The summed E-state index contributed by atoms with van der Waals surface area (Å²) in [6, 6.07) is 0. The SMILES string of the molecule is CCOC(=O)CC(=O)OCI. The smallest absolute Gasteiger partial charge is 0.317 e. The van der Waals surface area contributed by atoms with Crippen molar-refractivity contribution in [1.82, 2.24) is 0 Å². The standard InChI is InChI=1S/C6H9IO4/c1-2-10-5(8)3-6(9)11-4-7/h2-4H2,1H3. The molecule has 0 radical (unpaired) electrons. The molecule has 0 bridgehead atoms. The van der Waals surface area contributed by atoms with Gasteiger partial charge in [-0.2, -0.15) is 0 Å². The summed E-state index contributed by atoms with van der Waals surface area (Å²) in [5.41, 5.74) is 0. The minimum Gasteiger partial charge on any atom is -0.466 e. The molecule has 0 saturated carbocycles. The van der Waals surface area contributed by atoms with Gasteiger partial charge in [0.2, 0.25) is 0 Å². The Morgan fingerprint density at radius 2 is 1.82 bits per heavy atom. The number of ether oxygens (including phenoxy) is 2. The first-order valence-electron chi connectivity index (χ1n) is 3.08. The number of esters is 2. The van der Waals surface area contributed by atoms with Gasteiger partial charge in [0, 0.05) is 0 Å². The maximum Gasteiger partial charge on any atom is 0.317 e. The van der Waals surface area contributed by atoms with Crippen molar-refractivity contribution < 1.29 is 19.1 Å². The third kappa shape index (κ3) is 6.08. The number of rotatable bonds is 4. The Bertz CT molecular complexity index is 130. The lowest BCUT2D eigenvalue weighted by Crippen LogP contribution is -2.12. The molecule has 11 heavy (non-hydrogen) atoms. The molecule has 0 saturated heterocycles. The second-order valence-electron chi connectivity index (χ2n) is 1.61. The molecule has 64 valence electrons. The summed E-state index contributed by atoms with van der Waals surface area (Å²) in [5.74, 6) is -1.08. The van der Waals surface area contributed by atoms with Crippen LogP contribution in [-0.2, 0) is 19.1 Å². The Labute approximate surface area is 78.4 Å². The van der Waals surface area contributed by atoms with Crippen LogP contribution < -0.4 is 0 Å². The van der Waals surface area contributed by atoms with Gasteiger partial charge in [0.15, 0.2) is 0 Å². The first-order valence-corrected chi connectivity index (χ1v) is 4.60. The molecule has 0 aliphatic carbocycles. The van der Waals surface area contributed by atoms with Gasteiger partial charge in [-0.25, -0.2) is 0 Å². The molecule has 0 aromatic rings. The van der Waals surface area contributed by atoms with Crippen molar-refractivity contribution in [2.24, 2.45) is 0 Å². The van der Waals surface area contributed by atoms with Crippen molar-refractivity contribution in [1.29, 1.82) is 0 Å². The number of carbonyl (C=O) groups is 2. The van der Waals surface area contributed by atoms with Gasteiger partial charge >= 0.3 is 11.9 Å². The molecule has 4 nitrogen and oxygen atoms in total. The molecule has 0 aliphatic rings. The van der Waals surface area contributed by atoms with Crippen LogP contribution in [0.15, 0.2) is 0 Å². The Balaban J connectivity index is 3.49. The van der Waals surface area contributed by atoms with E-state index in [1.54, 1.807) is 6.92 Å². The van der Waals surface area contributed by atoms with E-state index in [-0.39, 0.29) is 17.6 Å². The van der Waals surface area contributed by atoms with Crippen LogP contribution in [0.1, 0.15) is 13.3 Å². The lowest BCUT2D eigenvalue weighted by Gasteiger charge is -2.00. The maximum absolute atomic E-state index is 10.6. The Morgan fingerprint density at radius 1 is 1.27 bits per heavy atom. The molecule has 0 aliphatic heterocycles. The van der Waals surface area contributed by atoms with Crippen molar-refractivity contribution in [3.63, 3.8) is 0 Å². The normalized spacial score (nSPS) is 8.91. The molecule has 0 unspecified atom stereocenters. The number of halogens is 1. The van der Waals surface area contributed by atoms with Gasteiger partial charge in [0.25, 0.3) is 0 Å². The second kappa shape index (κ2) is 6.38. The summed E-state index contributed by atoms with van der Waals surface area (Å²) in [7, 11) is 0. The van der Waals surface area contributed by atoms with E-state index in [9.17, 15) is 9.59 Å². The van der Waals surface area contributed by atoms with E-state index >= 15 is 0 Å². The molecule has 0 amide bonds.